The van der Waals surface area contributed by atoms with Crippen LogP contribution in [-0.4, -0.2) is 18.3 Å². The van der Waals surface area contributed by atoms with Crippen LogP contribution in [0.1, 0.15) is 58.6 Å². The zero-order valence-corrected chi connectivity index (χ0v) is 13.8. The van der Waals surface area contributed by atoms with Gasteiger partial charge in [-0.15, -0.1) is 0 Å². The number of alkyl halides is 3. The number of hydrogen-bond donors (Lipinski definition) is 0. The smallest absolute Gasteiger partial charge is 0.399 e. The van der Waals surface area contributed by atoms with Crippen molar-refractivity contribution in [1.82, 2.24) is 0 Å². The summed E-state index contributed by atoms with van der Waals surface area (Å²) in [7, 11) is -0.648. The maximum absolute atomic E-state index is 13.1. The van der Waals surface area contributed by atoms with E-state index in [1.165, 1.54) is 6.07 Å². The highest BCUT2D eigenvalue weighted by molar-refractivity contribution is 6.62. The summed E-state index contributed by atoms with van der Waals surface area (Å²) in [5.41, 5.74) is -0.741. The molecule has 1 aromatic carbocycles. The SMILES string of the molecule is CC(C)c1cc(B2OC(C)(C)C(C)(C)O2)ccc1C(F)(F)F. The van der Waals surface area contributed by atoms with Gasteiger partial charge < -0.3 is 9.31 Å². The highest BCUT2D eigenvalue weighted by Crippen LogP contribution is 2.38. The second-order valence-electron chi connectivity index (χ2n) is 7.09. The summed E-state index contributed by atoms with van der Waals surface area (Å²) in [6, 6.07) is 4.11. The summed E-state index contributed by atoms with van der Waals surface area (Å²) in [6.07, 6.45) is -4.35. The normalized spacial score (nSPS) is 20.7. The van der Waals surface area contributed by atoms with Crippen LogP contribution in [0.5, 0.6) is 0 Å². The molecule has 0 bridgehead atoms. The number of rotatable bonds is 2. The monoisotopic (exact) mass is 314 g/mol. The Kier molecular flexibility index (Phi) is 4.16. The molecule has 2 nitrogen and oxygen atoms in total. The van der Waals surface area contributed by atoms with Crippen molar-refractivity contribution in [1.29, 1.82) is 0 Å². The number of benzene rings is 1. The first-order chi connectivity index (χ1) is 9.85. The Balaban J connectivity index is 2.41. The molecule has 1 aromatic rings. The van der Waals surface area contributed by atoms with E-state index in [4.69, 9.17) is 9.31 Å². The second kappa shape index (κ2) is 5.27. The number of hydrogen-bond acceptors (Lipinski definition) is 2. The zero-order valence-electron chi connectivity index (χ0n) is 13.8. The first-order valence-corrected chi connectivity index (χ1v) is 7.42. The summed E-state index contributed by atoms with van der Waals surface area (Å²) in [5, 5.41) is 0. The Morgan fingerprint density at radius 3 is 1.91 bits per heavy atom. The van der Waals surface area contributed by atoms with E-state index in [1.807, 2.05) is 27.7 Å². The lowest BCUT2D eigenvalue weighted by molar-refractivity contribution is -0.138. The average Bonchev–Trinajstić information content (AvgIpc) is 2.56. The average molecular weight is 314 g/mol. The van der Waals surface area contributed by atoms with Crippen molar-refractivity contribution < 1.29 is 22.5 Å². The third-order valence-electron chi connectivity index (χ3n) is 4.53. The molecule has 0 aromatic heterocycles. The van der Waals surface area contributed by atoms with Crippen LogP contribution in [0, 0.1) is 0 Å². The fraction of sp³-hybridized carbons (Fsp3) is 0.625. The Morgan fingerprint density at radius 1 is 1.00 bits per heavy atom. The molecule has 1 saturated heterocycles. The molecule has 0 saturated carbocycles. The maximum atomic E-state index is 13.1. The molecular formula is C16H22BF3O2. The molecule has 0 unspecified atom stereocenters. The molecular weight excluding hydrogens is 292 g/mol. The molecule has 2 rings (SSSR count). The summed E-state index contributed by atoms with van der Waals surface area (Å²) < 4.78 is 51.1. The van der Waals surface area contributed by atoms with Gasteiger partial charge in [0.25, 0.3) is 0 Å². The Bertz CT molecular complexity index is 549. The van der Waals surface area contributed by atoms with Crippen molar-refractivity contribution >= 4 is 12.6 Å². The molecule has 22 heavy (non-hydrogen) atoms. The van der Waals surface area contributed by atoms with Gasteiger partial charge in [-0.3, -0.25) is 0 Å². The summed E-state index contributed by atoms with van der Waals surface area (Å²) in [5.74, 6) is -0.237. The molecule has 0 N–H and O–H groups in total. The third kappa shape index (κ3) is 3.04. The first-order valence-electron chi connectivity index (χ1n) is 7.42. The predicted molar refractivity (Wildman–Crippen MR) is 81.2 cm³/mol. The van der Waals surface area contributed by atoms with Crippen LogP contribution in [0.4, 0.5) is 13.2 Å². The van der Waals surface area contributed by atoms with Crippen LogP contribution in [0.25, 0.3) is 0 Å². The minimum absolute atomic E-state index is 0.237. The fourth-order valence-electron chi connectivity index (χ4n) is 2.44. The molecule has 1 aliphatic rings. The van der Waals surface area contributed by atoms with E-state index < -0.39 is 30.1 Å². The Morgan fingerprint density at radius 2 is 1.50 bits per heavy atom. The van der Waals surface area contributed by atoms with Crippen LogP contribution in [0.2, 0.25) is 0 Å². The van der Waals surface area contributed by atoms with E-state index in [2.05, 4.69) is 0 Å². The highest BCUT2D eigenvalue weighted by Gasteiger charge is 2.52. The molecule has 0 amide bonds. The van der Waals surface area contributed by atoms with Gasteiger partial charge in [-0.1, -0.05) is 32.0 Å². The summed E-state index contributed by atoms with van der Waals surface area (Å²) >= 11 is 0. The van der Waals surface area contributed by atoms with E-state index in [0.29, 0.717) is 5.46 Å². The van der Waals surface area contributed by atoms with Crippen molar-refractivity contribution in [3.05, 3.63) is 29.3 Å². The van der Waals surface area contributed by atoms with E-state index in [0.717, 1.165) is 6.07 Å². The van der Waals surface area contributed by atoms with Crippen molar-refractivity contribution in [2.24, 2.45) is 0 Å². The summed E-state index contributed by atoms with van der Waals surface area (Å²) in [4.78, 5) is 0. The highest BCUT2D eigenvalue weighted by atomic mass is 19.4. The molecule has 1 aliphatic heterocycles. The molecule has 0 aliphatic carbocycles. The molecule has 0 spiro atoms. The van der Waals surface area contributed by atoms with Crippen LogP contribution >= 0.6 is 0 Å². The molecule has 122 valence electrons. The van der Waals surface area contributed by atoms with Crippen LogP contribution in [-0.2, 0) is 15.5 Å². The minimum atomic E-state index is -4.35. The second-order valence-corrected chi connectivity index (χ2v) is 7.09. The quantitative estimate of drug-likeness (QED) is 0.764. The van der Waals surface area contributed by atoms with Crippen molar-refractivity contribution in [2.75, 3.05) is 0 Å². The van der Waals surface area contributed by atoms with Gasteiger partial charge in [-0.25, -0.2) is 0 Å². The van der Waals surface area contributed by atoms with Gasteiger partial charge in [0.05, 0.1) is 16.8 Å². The van der Waals surface area contributed by atoms with Gasteiger partial charge in [0.2, 0.25) is 0 Å². The van der Waals surface area contributed by atoms with Crippen LogP contribution < -0.4 is 5.46 Å². The van der Waals surface area contributed by atoms with Gasteiger partial charge in [-0.2, -0.15) is 13.2 Å². The van der Waals surface area contributed by atoms with Gasteiger partial charge in [0.1, 0.15) is 0 Å². The first kappa shape index (κ1) is 17.4. The van der Waals surface area contributed by atoms with Gasteiger partial charge in [0.15, 0.2) is 0 Å². The van der Waals surface area contributed by atoms with E-state index in [-0.39, 0.29) is 11.5 Å². The van der Waals surface area contributed by atoms with E-state index in [9.17, 15) is 13.2 Å². The lowest BCUT2D eigenvalue weighted by atomic mass is 9.76. The number of halogens is 3. The van der Waals surface area contributed by atoms with Crippen molar-refractivity contribution in [3.8, 4) is 0 Å². The topological polar surface area (TPSA) is 18.5 Å². The molecule has 0 atom stereocenters. The van der Waals surface area contributed by atoms with Crippen LogP contribution in [0.3, 0.4) is 0 Å². The summed E-state index contributed by atoms with van der Waals surface area (Å²) in [6.45, 7) is 11.2. The van der Waals surface area contributed by atoms with Crippen molar-refractivity contribution in [3.63, 3.8) is 0 Å². The van der Waals surface area contributed by atoms with Crippen molar-refractivity contribution in [2.45, 2.75) is 64.8 Å². The zero-order chi connectivity index (χ0) is 16.9. The lowest BCUT2D eigenvalue weighted by Gasteiger charge is -2.32. The van der Waals surface area contributed by atoms with Gasteiger partial charge in [-0.05, 0) is 44.6 Å². The third-order valence-corrected chi connectivity index (χ3v) is 4.53. The fourth-order valence-corrected chi connectivity index (χ4v) is 2.44. The molecule has 1 fully saturated rings. The molecule has 6 heteroatoms. The van der Waals surface area contributed by atoms with E-state index in [1.54, 1.807) is 19.9 Å². The van der Waals surface area contributed by atoms with E-state index >= 15 is 0 Å². The van der Waals surface area contributed by atoms with Crippen LogP contribution in [0.15, 0.2) is 18.2 Å². The predicted octanol–water partition coefficient (Wildman–Crippen LogP) is 4.13. The maximum Gasteiger partial charge on any atom is 0.494 e. The Labute approximate surface area is 130 Å². The standard InChI is InChI=1S/C16H22BF3O2/c1-10(2)12-9-11(7-8-13(12)16(18,19)20)17-21-14(3,4)15(5,6)22-17/h7-10H,1-6H3. The molecule has 0 radical (unpaired) electrons. The minimum Gasteiger partial charge on any atom is -0.399 e. The van der Waals surface area contributed by atoms with Gasteiger partial charge >= 0.3 is 13.3 Å². The van der Waals surface area contributed by atoms with Gasteiger partial charge in [0, 0.05) is 0 Å². The lowest BCUT2D eigenvalue weighted by Crippen LogP contribution is -2.41. The molecule has 1 heterocycles. The Hall–Kier alpha value is -1.01. The largest absolute Gasteiger partial charge is 0.494 e.